The third-order valence-electron chi connectivity index (χ3n) is 5.85. The van der Waals surface area contributed by atoms with Gasteiger partial charge < -0.3 is 24.1 Å². The molecule has 10 nitrogen and oxygen atoms in total. The SMILES string of the molecule is Cc1cc2c(cc1Nc1ncc3c(n1)n(CC1CCOCC1)c(=O)c(=O)n3C)OCO2. The second kappa shape index (κ2) is 7.69. The highest BCUT2D eigenvalue weighted by molar-refractivity contribution is 5.73. The van der Waals surface area contributed by atoms with Crippen molar-refractivity contribution in [1.29, 1.82) is 0 Å². The lowest BCUT2D eigenvalue weighted by molar-refractivity contribution is 0.0612. The molecule has 1 aromatic carbocycles. The fourth-order valence-corrected chi connectivity index (χ4v) is 3.98. The summed E-state index contributed by atoms with van der Waals surface area (Å²) in [4.78, 5) is 34.3. The zero-order valence-electron chi connectivity index (χ0n) is 17.4. The van der Waals surface area contributed by atoms with Crippen LogP contribution in [0.3, 0.4) is 0 Å². The Kier molecular flexibility index (Phi) is 4.85. The summed E-state index contributed by atoms with van der Waals surface area (Å²) in [5.41, 5.74) is 1.47. The number of benzene rings is 1. The molecule has 0 radical (unpaired) electrons. The van der Waals surface area contributed by atoms with E-state index in [0.717, 1.165) is 24.1 Å². The maximum Gasteiger partial charge on any atom is 0.318 e. The van der Waals surface area contributed by atoms with Crippen molar-refractivity contribution >= 4 is 22.8 Å². The predicted molar refractivity (Wildman–Crippen MR) is 113 cm³/mol. The van der Waals surface area contributed by atoms with Gasteiger partial charge in [-0.15, -0.1) is 0 Å². The van der Waals surface area contributed by atoms with E-state index in [1.54, 1.807) is 13.2 Å². The van der Waals surface area contributed by atoms with Gasteiger partial charge in [0.1, 0.15) is 5.52 Å². The van der Waals surface area contributed by atoms with E-state index in [0.29, 0.717) is 48.4 Å². The Balaban J connectivity index is 1.57. The fourth-order valence-electron chi connectivity index (χ4n) is 3.98. The van der Waals surface area contributed by atoms with Gasteiger partial charge in [0.25, 0.3) is 0 Å². The van der Waals surface area contributed by atoms with Crippen molar-refractivity contribution in [3.05, 3.63) is 44.6 Å². The minimum atomic E-state index is -0.588. The lowest BCUT2D eigenvalue weighted by Gasteiger charge is -2.23. The molecule has 162 valence electrons. The van der Waals surface area contributed by atoms with Gasteiger partial charge in [-0.05, 0) is 37.3 Å². The Morgan fingerprint density at radius 1 is 1.13 bits per heavy atom. The number of nitrogens with one attached hydrogen (secondary N) is 1. The first-order chi connectivity index (χ1) is 15.0. The van der Waals surface area contributed by atoms with Crippen LogP contribution in [0.4, 0.5) is 11.6 Å². The van der Waals surface area contributed by atoms with Gasteiger partial charge in [0.2, 0.25) is 12.7 Å². The van der Waals surface area contributed by atoms with Crippen molar-refractivity contribution in [2.45, 2.75) is 26.3 Å². The molecule has 3 aromatic rings. The van der Waals surface area contributed by atoms with Crippen LogP contribution in [0.1, 0.15) is 18.4 Å². The van der Waals surface area contributed by atoms with Gasteiger partial charge in [-0.1, -0.05) is 0 Å². The van der Waals surface area contributed by atoms with Gasteiger partial charge in [0.05, 0.1) is 6.20 Å². The molecular weight excluding hydrogens is 402 g/mol. The maximum absolute atomic E-state index is 12.8. The Bertz CT molecular complexity index is 1280. The standard InChI is InChI=1S/C21H23N5O5/c1-12-7-16-17(31-11-30-16)8-14(12)23-21-22-9-15-18(24-21)26(20(28)19(27)25(15)2)10-13-3-5-29-6-4-13/h7-9,13H,3-6,10-11H2,1-2H3,(H,22,23,24). The molecule has 0 aliphatic carbocycles. The van der Waals surface area contributed by atoms with E-state index in [4.69, 9.17) is 14.2 Å². The zero-order chi connectivity index (χ0) is 21.5. The summed E-state index contributed by atoms with van der Waals surface area (Å²) in [6.45, 7) is 3.88. The number of aryl methyl sites for hydroxylation is 2. The third-order valence-corrected chi connectivity index (χ3v) is 5.85. The van der Waals surface area contributed by atoms with E-state index in [1.165, 1.54) is 9.13 Å². The number of aromatic nitrogens is 4. The van der Waals surface area contributed by atoms with Crippen molar-refractivity contribution in [2.75, 3.05) is 25.3 Å². The Hall–Kier alpha value is -3.40. The molecule has 5 rings (SSSR count). The molecular formula is C21H23N5O5. The molecule has 31 heavy (non-hydrogen) atoms. The first kappa shape index (κ1) is 19.6. The number of rotatable bonds is 4. The van der Waals surface area contributed by atoms with E-state index >= 15 is 0 Å². The molecule has 1 saturated heterocycles. The second-order valence-corrected chi connectivity index (χ2v) is 7.88. The van der Waals surface area contributed by atoms with Crippen LogP contribution in [0.25, 0.3) is 11.2 Å². The number of ether oxygens (including phenoxy) is 3. The largest absolute Gasteiger partial charge is 0.454 e. The lowest BCUT2D eigenvalue weighted by atomic mass is 10.0. The molecule has 0 spiro atoms. The molecule has 1 fully saturated rings. The van der Waals surface area contributed by atoms with E-state index in [-0.39, 0.29) is 12.7 Å². The lowest BCUT2D eigenvalue weighted by Crippen LogP contribution is -2.42. The first-order valence-corrected chi connectivity index (χ1v) is 10.2. The highest BCUT2D eigenvalue weighted by Crippen LogP contribution is 2.37. The van der Waals surface area contributed by atoms with E-state index in [2.05, 4.69) is 15.3 Å². The van der Waals surface area contributed by atoms with Gasteiger partial charge in [-0.3, -0.25) is 14.2 Å². The minimum Gasteiger partial charge on any atom is -0.454 e. The van der Waals surface area contributed by atoms with E-state index in [9.17, 15) is 9.59 Å². The quantitative estimate of drug-likeness (QED) is 0.629. The smallest absolute Gasteiger partial charge is 0.318 e. The molecule has 0 bridgehead atoms. The van der Waals surface area contributed by atoms with Gasteiger partial charge in [-0.25, -0.2) is 4.98 Å². The number of fused-ring (bicyclic) bond motifs is 2. The molecule has 2 aliphatic heterocycles. The van der Waals surface area contributed by atoms with Crippen molar-refractivity contribution in [3.8, 4) is 11.5 Å². The van der Waals surface area contributed by atoms with Gasteiger partial charge >= 0.3 is 11.1 Å². The number of nitrogens with zero attached hydrogens (tertiary/aromatic N) is 4. The average Bonchev–Trinajstić information content (AvgIpc) is 3.23. The number of anilines is 2. The second-order valence-electron chi connectivity index (χ2n) is 7.88. The average molecular weight is 425 g/mol. The first-order valence-electron chi connectivity index (χ1n) is 10.2. The molecule has 2 aromatic heterocycles. The minimum absolute atomic E-state index is 0.192. The monoisotopic (exact) mass is 425 g/mol. The maximum atomic E-state index is 12.8. The third kappa shape index (κ3) is 3.52. The molecule has 0 saturated carbocycles. The summed E-state index contributed by atoms with van der Waals surface area (Å²) in [5.74, 6) is 1.92. The molecule has 2 aliphatic rings. The van der Waals surface area contributed by atoms with Crippen LogP contribution < -0.4 is 25.9 Å². The Morgan fingerprint density at radius 2 is 1.87 bits per heavy atom. The normalized spacial score (nSPS) is 16.1. The van der Waals surface area contributed by atoms with Gasteiger partial charge in [0.15, 0.2) is 17.1 Å². The number of hydrogen-bond donors (Lipinski definition) is 1. The van der Waals surface area contributed by atoms with Crippen molar-refractivity contribution in [2.24, 2.45) is 13.0 Å². The zero-order valence-corrected chi connectivity index (χ0v) is 17.4. The fraction of sp³-hybridized carbons (Fsp3) is 0.429. The van der Waals surface area contributed by atoms with E-state index < -0.39 is 11.1 Å². The van der Waals surface area contributed by atoms with Crippen molar-refractivity contribution in [1.82, 2.24) is 19.1 Å². The predicted octanol–water partition coefficient (Wildman–Crippen LogP) is 1.70. The molecule has 0 atom stereocenters. The van der Waals surface area contributed by atoms with E-state index in [1.807, 2.05) is 19.1 Å². The molecule has 1 N–H and O–H groups in total. The summed E-state index contributed by atoms with van der Waals surface area (Å²) in [6, 6.07) is 3.72. The molecule has 0 amide bonds. The van der Waals surface area contributed by atoms with Crippen molar-refractivity contribution in [3.63, 3.8) is 0 Å². The van der Waals surface area contributed by atoms with Gasteiger partial charge in [-0.2, -0.15) is 4.98 Å². The van der Waals surface area contributed by atoms with Crippen LogP contribution in [0.2, 0.25) is 0 Å². The van der Waals surface area contributed by atoms with Gasteiger partial charge in [0, 0.05) is 38.6 Å². The van der Waals surface area contributed by atoms with Crippen LogP contribution in [0.15, 0.2) is 27.9 Å². The summed E-state index contributed by atoms with van der Waals surface area (Å²) >= 11 is 0. The molecule has 10 heteroatoms. The summed E-state index contributed by atoms with van der Waals surface area (Å²) in [6.07, 6.45) is 3.25. The Morgan fingerprint density at radius 3 is 2.65 bits per heavy atom. The van der Waals surface area contributed by atoms with Crippen LogP contribution >= 0.6 is 0 Å². The van der Waals surface area contributed by atoms with Crippen LogP contribution in [0.5, 0.6) is 11.5 Å². The Labute approximate surface area is 177 Å². The summed E-state index contributed by atoms with van der Waals surface area (Å²) < 4.78 is 19.1. The van der Waals surface area contributed by atoms with Crippen LogP contribution in [0, 0.1) is 12.8 Å². The summed E-state index contributed by atoms with van der Waals surface area (Å²) in [5, 5.41) is 3.20. The van der Waals surface area contributed by atoms with Crippen LogP contribution in [-0.2, 0) is 18.3 Å². The summed E-state index contributed by atoms with van der Waals surface area (Å²) in [7, 11) is 1.56. The number of hydrogen-bond acceptors (Lipinski definition) is 8. The highest BCUT2D eigenvalue weighted by atomic mass is 16.7. The van der Waals surface area contributed by atoms with Crippen LogP contribution in [-0.4, -0.2) is 39.1 Å². The molecule has 0 unspecified atom stereocenters. The molecule has 4 heterocycles. The topological polar surface area (TPSA) is 110 Å². The van der Waals surface area contributed by atoms with Crippen molar-refractivity contribution < 1.29 is 14.2 Å². The highest BCUT2D eigenvalue weighted by Gasteiger charge is 2.20.